The van der Waals surface area contributed by atoms with E-state index >= 15 is 0 Å². The zero-order valence-corrected chi connectivity index (χ0v) is 9.59. The van der Waals surface area contributed by atoms with Gasteiger partial charge in [-0.1, -0.05) is 0 Å². The van der Waals surface area contributed by atoms with Crippen LogP contribution in [-0.4, -0.2) is 32.5 Å². The lowest BCUT2D eigenvalue weighted by atomic mass is 10.1. The molecule has 2 rings (SSSR count). The number of hydrogen-bond acceptors (Lipinski definition) is 4. The molecule has 0 bridgehead atoms. The quantitative estimate of drug-likeness (QED) is 0.627. The molecule has 1 heterocycles. The number of H-pyrrole nitrogens is 1. The van der Waals surface area contributed by atoms with E-state index < -0.39 is 11.8 Å². The third-order valence-corrected chi connectivity index (χ3v) is 3.41. The SMILES string of the molecule is Cc1cn([C@@H]2C[C@H](CO)[C@H](O)C2)c(=O)[nH]c1=O. The van der Waals surface area contributed by atoms with E-state index in [4.69, 9.17) is 5.11 Å². The molecule has 0 unspecified atom stereocenters. The molecular weight excluding hydrogens is 224 g/mol. The molecule has 1 fully saturated rings. The fourth-order valence-corrected chi connectivity index (χ4v) is 2.35. The van der Waals surface area contributed by atoms with Crippen molar-refractivity contribution in [3.8, 4) is 0 Å². The summed E-state index contributed by atoms with van der Waals surface area (Å²) in [6.07, 6.45) is 1.89. The molecule has 1 aliphatic carbocycles. The summed E-state index contributed by atoms with van der Waals surface area (Å²) in [6, 6.07) is -0.162. The van der Waals surface area contributed by atoms with E-state index in [2.05, 4.69) is 4.98 Å². The molecule has 1 saturated carbocycles. The van der Waals surface area contributed by atoms with Crippen LogP contribution >= 0.6 is 0 Å². The number of nitrogens with one attached hydrogen (secondary N) is 1. The number of rotatable bonds is 2. The molecule has 0 aliphatic heterocycles. The van der Waals surface area contributed by atoms with Crippen LogP contribution in [0.4, 0.5) is 0 Å². The van der Waals surface area contributed by atoms with Crippen molar-refractivity contribution < 1.29 is 10.2 Å². The highest BCUT2D eigenvalue weighted by atomic mass is 16.3. The molecule has 1 aromatic heterocycles. The molecule has 6 heteroatoms. The Bertz CT molecular complexity index is 519. The van der Waals surface area contributed by atoms with E-state index in [9.17, 15) is 14.7 Å². The second-order valence-electron chi connectivity index (χ2n) is 4.61. The fraction of sp³-hybridized carbons (Fsp3) is 0.636. The summed E-state index contributed by atoms with van der Waals surface area (Å²) in [7, 11) is 0. The summed E-state index contributed by atoms with van der Waals surface area (Å²) in [5, 5.41) is 18.8. The van der Waals surface area contributed by atoms with Gasteiger partial charge in [-0.15, -0.1) is 0 Å². The van der Waals surface area contributed by atoms with Crippen LogP contribution in [0.2, 0.25) is 0 Å². The molecule has 0 saturated heterocycles. The van der Waals surface area contributed by atoms with Crippen LogP contribution in [0.25, 0.3) is 0 Å². The molecule has 3 atom stereocenters. The van der Waals surface area contributed by atoms with Crippen molar-refractivity contribution in [2.24, 2.45) is 5.92 Å². The monoisotopic (exact) mass is 240 g/mol. The third kappa shape index (κ3) is 2.18. The molecule has 1 aliphatic rings. The maximum Gasteiger partial charge on any atom is 0.328 e. The number of aromatic nitrogens is 2. The van der Waals surface area contributed by atoms with Crippen LogP contribution in [0.1, 0.15) is 24.4 Å². The maximum atomic E-state index is 11.6. The average molecular weight is 240 g/mol. The highest BCUT2D eigenvalue weighted by Gasteiger charge is 2.33. The normalized spacial score (nSPS) is 28.5. The standard InChI is InChI=1S/C11H16N2O4/c1-6-4-13(11(17)12-10(6)16)8-2-7(5-14)9(15)3-8/h4,7-9,14-15H,2-3,5H2,1H3,(H,12,16,17)/t7-,8-,9-/m1/s1. The van der Waals surface area contributed by atoms with Crippen LogP contribution in [0.5, 0.6) is 0 Å². The van der Waals surface area contributed by atoms with Gasteiger partial charge in [-0.05, 0) is 19.8 Å². The third-order valence-electron chi connectivity index (χ3n) is 3.41. The first-order chi connectivity index (χ1) is 8.02. The van der Waals surface area contributed by atoms with Gasteiger partial charge >= 0.3 is 5.69 Å². The molecule has 94 valence electrons. The highest BCUT2D eigenvalue weighted by Crippen LogP contribution is 2.33. The van der Waals surface area contributed by atoms with E-state index in [-0.39, 0.29) is 24.1 Å². The van der Waals surface area contributed by atoms with Gasteiger partial charge in [-0.3, -0.25) is 14.3 Å². The van der Waals surface area contributed by atoms with Crippen LogP contribution in [0, 0.1) is 12.8 Å². The van der Waals surface area contributed by atoms with Crippen molar-refractivity contribution in [1.82, 2.24) is 9.55 Å². The number of aromatic amines is 1. The Kier molecular flexibility index (Phi) is 3.17. The minimum absolute atomic E-state index is 0.0885. The van der Waals surface area contributed by atoms with Gasteiger partial charge in [-0.25, -0.2) is 4.79 Å². The topological polar surface area (TPSA) is 95.3 Å². The van der Waals surface area contributed by atoms with E-state index in [1.807, 2.05) is 0 Å². The zero-order chi connectivity index (χ0) is 12.6. The second-order valence-corrected chi connectivity index (χ2v) is 4.61. The van der Waals surface area contributed by atoms with Crippen molar-refractivity contribution in [2.75, 3.05) is 6.61 Å². The lowest BCUT2D eigenvalue weighted by Gasteiger charge is -2.13. The van der Waals surface area contributed by atoms with Gasteiger partial charge in [0, 0.05) is 30.3 Å². The van der Waals surface area contributed by atoms with Crippen molar-refractivity contribution in [3.63, 3.8) is 0 Å². The second kappa shape index (κ2) is 4.46. The Morgan fingerprint density at radius 2 is 2.18 bits per heavy atom. The van der Waals surface area contributed by atoms with Gasteiger partial charge in [0.05, 0.1) is 6.10 Å². The Balaban J connectivity index is 2.34. The van der Waals surface area contributed by atoms with Crippen LogP contribution in [-0.2, 0) is 0 Å². The van der Waals surface area contributed by atoms with Gasteiger partial charge in [0.15, 0.2) is 0 Å². The van der Waals surface area contributed by atoms with E-state index in [0.717, 1.165) is 0 Å². The van der Waals surface area contributed by atoms with Crippen molar-refractivity contribution in [2.45, 2.75) is 31.9 Å². The molecule has 0 aromatic carbocycles. The lowest BCUT2D eigenvalue weighted by molar-refractivity contribution is 0.0906. The predicted octanol–water partition coefficient (Wildman–Crippen LogP) is -0.851. The maximum absolute atomic E-state index is 11.6. The highest BCUT2D eigenvalue weighted by molar-refractivity contribution is 5.03. The van der Waals surface area contributed by atoms with Gasteiger partial charge in [-0.2, -0.15) is 0 Å². The summed E-state index contributed by atoms with van der Waals surface area (Å²) < 4.78 is 1.44. The average Bonchev–Trinajstić information content (AvgIpc) is 2.65. The summed E-state index contributed by atoms with van der Waals surface area (Å²) in [5.41, 5.74) is -0.383. The number of aliphatic hydroxyl groups is 2. The van der Waals surface area contributed by atoms with Crippen molar-refractivity contribution in [3.05, 3.63) is 32.6 Å². The molecular formula is C11H16N2O4. The van der Waals surface area contributed by atoms with Crippen molar-refractivity contribution >= 4 is 0 Å². The van der Waals surface area contributed by atoms with E-state index in [1.54, 1.807) is 6.92 Å². The van der Waals surface area contributed by atoms with Gasteiger partial charge in [0.2, 0.25) is 0 Å². The molecule has 17 heavy (non-hydrogen) atoms. The molecule has 3 N–H and O–H groups in total. The fourth-order valence-electron chi connectivity index (χ4n) is 2.35. The van der Waals surface area contributed by atoms with Crippen LogP contribution < -0.4 is 11.2 Å². The minimum atomic E-state index is -0.593. The van der Waals surface area contributed by atoms with Crippen LogP contribution in [0.15, 0.2) is 15.8 Å². The minimum Gasteiger partial charge on any atom is -0.396 e. The first kappa shape index (κ1) is 12.1. The first-order valence-corrected chi connectivity index (χ1v) is 5.64. The number of aliphatic hydroxyl groups excluding tert-OH is 2. The summed E-state index contributed by atoms with van der Waals surface area (Å²) in [6.45, 7) is 1.54. The molecule has 0 amide bonds. The Morgan fingerprint density at radius 1 is 1.47 bits per heavy atom. The van der Waals surface area contributed by atoms with Crippen molar-refractivity contribution in [1.29, 1.82) is 0 Å². The van der Waals surface area contributed by atoms with E-state index in [0.29, 0.717) is 18.4 Å². The zero-order valence-electron chi connectivity index (χ0n) is 9.59. The summed E-state index contributed by atoms with van der Waals surface area (Å²) >= 11 is 0. The smallest absolute Gasteiger partial charge is 0.328 e. The molecule has 0 radical (unpaired) electrons. The van der Waals surface area contributed by atoms with E-state index in [1.165, 1.54) is 10.8 Å². The van der Waals surface area contributed by atoms with Crippen LogP contribution in [0.3, 0.4) is 0 Å². The predicted molar refractivity (Wildman–Crippen MR) is 60.9 cm³/mol. The molecule has 0 spiro atoms. The Labute approximate surface area is 97.5 Å². The molecule has 6 nitrogen and oxygen atoms in total. The van der Waals surface area contributed by atoms with Gasteiger partial charge in [0.1, 0.15) is 0 Å². The number of aryl methyl sites for hydroxylation is 1. The Hall–Kier alpha value is -1.40. The summed E-state index contributed by atoms with van der Waals surface area (Å²) in [4.78, 5) is 25.1. The Morgan fingerprint density at radius 3 is 2.76 bits per heavy atom. The number of hydrogen-bond donors (Lipinski definition) is 3. The summed E-state index contributed by atoms with van der Waals surface area (Å²) in [5.74, 6) is -0.195. The van der Waals surface area contributed by atoms with Gasteiger partial charge in [0.25, 0.3) is 5.56 Å². The molecule has 1 aromatic rings. The number of nitrogens with zero attached hydrogens (tertiary/aromatic N) is 1. The largest absolute Gasteiger partial charge is 0.396 e. The first-order valence-electron chi connectivity index (χ1n) is 5.64. The van der Waals surface area contributed by atoms with Gasteiger partial charge < -0.3 is 10.2 Å². The lowest BCUT2D eigenvalue weighted by Crippen LogP contribution is -2.32.